The molecule has 13 nitrogen and oxygen atoms in total. The Balaban J connectivity index is -0.000000253. The van der Waals surface area contributed by atoms with Gasteiger partial charge < -0.3 is 0 Å². The van der Waals surface area contributed by atoms with Gasteiger partial charge in [0.05, 0.1) is 17.6 Å². The maximum Gasteiger partial charge on any atom is 0.253 e. The second-order valence-electron chi connectivity index (χ2n) is 29.6. The van der Waals surface area contributed by atoms with Crippen LogP contribution < -0.4 is 5.56 Å². The molecule has 0 aliphatic carbocycles. The van der Waals surface area contributed by atoms with Crippen molar-refractivity contribution in [3.63, 3.8) is 0 Å². The molecular formula is C88H156N12O. The van der Waals surface area contributed by atoms with Crippen molar-refractivity contribution in [3.8, 4) is 0 Å². The summed E-state index contributed by atoms with van der Waals surface area (Å²) in [4.78, 5) is 41.5. The molecular weight excluding hydrogens is 1240 g/mol. The molecule has 101 heavy (non-hydrogen) atoms. The molecule has 8 aromatic rings. The van der Waals surface area contributed by atoms with Gasteiger partial charge in [-0.2, -0.15) is 10.2 Å². The first-order valence-electron chi connectivity index (χ1n) is 35.6. The zero-order chi connectivity index (χ0) is 72.6. The summed E-state index contributed by atoms with van der Waals surface area (Å²) in [5.41, 5.74) is 17.1. The number of hydrogen-bond donors (Lipinski definition) is 1. The first kappa shape index (κ1) is 105. The van der Waals surface area contributed by atoms with Gasteiger partial charge in [0.1, 0.15) is 5.82 Å². The lowest BCUT2D eigenvalue weighted by Crippen LogP contribution is -2.26. The number of H-pyrrole nitrogens is 1. The normalized spacial score (nSPS) is 10.6. The number of nitrogens with zero attached hydrogens (tertiary/aromatic N) is 11. The van der Waals surface area contributed by atoms with E-state index in [9.17, 15) is 4.79 Å². The zero-order valence-electron chi connectivity index (χ0n) is 65.5. The Kier molecular flexibility index (Phi) is 55.9. The Hall–Kier alpha value is -7.02. The summed E-state index contributed by atoms with van der Waals surface area (Å²) in [5, 5.41) is 11.3. The van der Waals surface area contributed by atoms with Gasteiger partial charge in [0.25, 0.3) is 5.56 Å². The molecule has 13 heteroatoms. The van der Waals surface area contributed by atoms with Crippen LogP contribution in [0.2, 0.25) is 0 Å². The zero-order valence-corrected chi connectivity index (χ0v) is 65.5. The fourth-order valence-electron chi connectivity index (χ4n) is 10.7. The molecule has 0 aromatic carbocycles. The Morgan fingerprint density at radius 3 is 0.921 bits per heavy atom. The van der Waals surface area contributed by atoms with Crippen molar-refractivity contribution >= 4 is 0 Å². The lowest BCUT2D eigenvalue weighted by molar-refractivity contribution is 0.498. The van der Waals surface area contributed by atoms with Crippen molar-refractivity contribution in [3.05, 3.63) is 206 Å². The lowest BCUT2D eigenvalue weighted by atomic mass is 9.93. The van der Waals surface area contributed by atoms with Crippen LogP contribution in [0, 0.1) is 0 Å². The number of hydrogen-bond acceptors (Lipinski definition) is 10. The van der Waals surface area contributed by atoms with Crippen LogP contribution >= 0.6 is 0 Å². The van der Waals surface area contributed by atoms with E-state index >= 15 is 0 Å². The average Bonchev–Trinajstić information content (AvgIpc) is 1.83. The molecule has 0 fully saturated rings. The molecule has 0 atom stereocenters. The molecule has 8 heterocycles. The van der Waals surface area contributed by atoms with E-state index in [-0.39, 0.29) is 62.1 Å². The maximum atomic E-state index is 11.5. The number of pyridine rings is 4. The summed E-state index contributed by atoms with van der Waals surface area (Å²) in [6.07, 6.45) is 20.4. The summed E-state index contributed by atoms with van der Waals surface area (Å²) in [5.74, 6) is 8.37. The van der Waals surface area contributed by atoms with E-state index in [1.54, 1.807) is 23.2 Å². The van der Waals surface area contributed by atoms with Gasteiger partial charge in [-0.05, 0) is 174 Å². The minimum Gasteiger partial charge on any atom is -0.294 e. The third-order valence-electron chi connectivity index (χ3n) is 15.8. The van der Waals surface area contributed by atoms with Crippen LogP contribution in [-0.2, 0) is 0 Å². The molecule has 8 rings (SSSR count). The van der Waals surface area contributed by atoms with Gasteiger partial charge in [-0.1, -0.05) is 251 Å². The number of nitrogens with one attached hydrogen (secondary N) is 1. The molecule has 0 bridgehead atoms. The van der Waals surface area contributed by atoms with Crippen molar-refractivity contribution < 1.29 is 0 Å². The fraction of sp³-hybridized carbons (Fsp3) is 0.614. The van der Waals surface area contributed by atoms with Crippen LogP contribution in [0.1, 0.15) is 440 Å². The number of aromatic amines is 1. The molecule has 0 amide bonds. The molecule has 0 aliphatic heterocycles. The minimum atomic E-state index is 0. The molecule has 0 aliphatic rings. The summed E-state index contributed by atoms with van der Waals surface area (Å²) in [6.45, 7) is 69.4. The largest absolute Gasteiger partial charge is 0.294 e. The van der Waals surface area contributed by atoms with Crippen LogP contribution in [0.5, 0.6) is 0 Å². The van der Waals surface area contributed by atoms with Crippen LogP contribution in [0.3, 0.4) is 0 Å². The van der Waals surface area contributed by atoms with E-state index in [1.165, 1.54) is 67.8 Å². The van der Waals surface area contributed by atoms with Gasteiger partial charge in [0, 0.05) is 109 Å². The van der Waals surface area contributed by atoms with Gasteiger partial charge >= 0.3 is 0 Å². The summed E-state index contributed by atoms with van der Waals surface area (Å²) < 4.78 is 3.81. The van der Waals surface area contributed by atoms with E-state index in [4.69, 9.17) is 0 Å². The monoisotopic (exact) mass is 1400 g/mol. The van der Waals surface area contributed by atoms with Crippen molar-refractivity contribution in [2.45, 2.75) is 361 Å². The van der Waals surface area contributed by atoms with E-state index in [0.717, 1.165) is 17.2 Å². The van der Waals surface area contributed by atoms with Crippen LogP contribution in [0.15, 0.2) is 121 Å². The molecule has 0 saturated carbocycles. The first-order valence-corrected chi connectivity index (χ1v) is 35.6. The van der Waals surface area contributed by atoms with Gasteiger partial charge in [-0.25, -0.2) is 4.98 Å². The third-order valence-corrected chi connectivity index (χ3v) is 15.8. The van der Waals surface area contributed by atoms with Crippen LogP contribution in [0.25, 0.3) is 0 Å². The average molecular weight is 1400 g/mol. The minimum absolute atomic E-state index is 0. The molecule has 574 valence electrons. The topological polar surface area (TPSA) is 159 Å². The van der Waals surface area contributed by atoms with Gasteiger partial charge in [-0.3, -0.25) is 49.0 Å². The number of aromatic nitrogens is 12. The van der Waals surface area contributed by atoms with Gasteiger partial charge in [0.2, 0.25) is 0 Å². The van der Waals surface area contributed by atoms with E-state index < -0.39 is 0 Å². The Bertz CT molecular complexity index is 2840. The summed E-state index contributed by atoms with van der Waals surface area (Å²) in [7, 11) is 0. The smallest absolute Gasteiger partial charge is 0.253 e. The van der Waals surface area contributed by atoms with Gasteiger partial charge in [0.15, 0.2) is 0 Å². The molecule has 8 aromatic heterocycles. The van der Waals surface area contributed by atoms with Gasteiger partial charge in [-0.15, -0.1) is 0 Å². The first-order chi connectivity index (χ1) is 44.4. The van der Waals surface area contributed by atoms with Crippen LogP contribution in [0.4, 0.5) is 0 Å². The summed E-state index contributed by atoms with van der Waals surface area (Å²) >= 11 is 0. The van der Waals surface area contributed by atoms with Crippen molar-refractivity contribution in [1.29, 1.82) is 0 Å². The Labute approximate surface area is 623 Å². The summed E-state index contributed by atoms with van der Waals surface area (Å²) in [6, 6.07) is 16.9. The SMILES string of the molecule is C.C.C.C.C.C.CC(C)c1cccnc1C(C)C.CC(C)c1cccnc1C(C)C.CC(C)c1ccncc1C(C)C.CC(C)c1ccncc1C(C)C.CC(C)c1ccnn1C(C)C.CC(C)c1cn[nH]c1C(C)C.CC(C)c1nccc(=O)n1C(C)C.CC(C)c1nccnc1C(C)C. The standard InChI is InChI=1S/4C11H17N.C10H16N2O.C10H16N2.2C9H16N2.6CH4/c2*1-8(2)10-5-6-12-7-11(10)9(3)4;2*1-8(2)10-6-5-7-12-11(10)9(3)4;1-7(2)10-11-6-5-9(13)12(10)8(3)4;1-7(2)9-10(8(3)4)12-6-5-11-9;1-7(2)9-5-6-10-11(9)8(3)4;1-6(2)8-5-10-11-9(8)7(3)4;;;;;;/h4*5-9H,1-4H3;5-8H,1-4H3;5-8H,1-4H3;5-8H,1-4H3;5-7H,1-4H3,(H,10,11);6*1H4. The quantitative estimate of drug-likeness (QED) is 0.0987. The highest BCUT2D eigenvalue weighted by Crippen LogP contribution is 2.29. The molecule has 0 spiro atoms. The maximum absolute atomic E-state index is 11.5. The second kappa shape index (κ2) is 53.7. The molecule has 0 radical (unpaired) electrons. The third kappa shape index (κ3) is 36.1. The van der Waals surface area contributed by atoms with Crippen molar-refractivity contribution in [1.82, 2.24) is 59.4 Å². The lowest BCUT2D eigenvalue weighted by Gasteiger charge is -2.16. The molecule has 1 N–H and O–H groups in total. The molecule has 0 unspecified atom stereocenters. The predicted molar refractivity (Wildman–Crippen MR) is 447 cm³/mol. The van der Waals surface area contributed by atoms with E-state index in [2.05, 4.69) is 279 Å². The highest BCUT2D eigenvalue weighted by atomic mass is 16.1. The Morgan fingerprint density at radius 2 is 0.663 bits per heavy atom. The number of rotatable bonds is 16. The predicted octanol–water partition coefficient (Wildman–Crippen LogP) is 27.0. The highest BCUT2D eigenvalue weighted by molar-refractivity contribution is 5.31. The molecule has 0 saturated heterocycles. The van der Waals surface area contributed by atoms with Crippen LogP contribution in [-0.4, -0.2) is 59.4 Å². The van der Waals surface area contributed by atoms with Crippen molar-refractivity contribution in [2.24, 2.45) is 0 Å². The fourth-order valence-corrected chi connectivity index (χ4v) is 10.7. The van der Waals surface area contributed by atoms with E-state index in [1.807, 2.05) is 89.4 Å². The highest BCUT2D eigenvalue weighted by Gasteiger charge is 2.16. The Morgan fingerprint density at radius 1 is 0.297 bits per heavy atom. The second-order valence-corrected chi connectivity index (χ2v) is 29.6. The van der Waals surface area contributed by atoms with E-state index in [0.29, 0.717) is 83.0 Å². The van der Waals surface area contributed by atoms with Crippen molar-refractivity contribution in [2.75, 3.05) is 0 Å².